The third kappa shape index (κ3) is 8.35. The Labute approximate surface area is 128 Å². The Morgan fingerprint density at radius 2 is 1.95 bits per heavy atom. The van der Waals surface area contributed by atoms with Gasteiger partial charge in [-0.2, -0.15) is 0 Å². The molecule has 4 heteroatoms. The fourth-order valence-electron chi connectivity index (χ4n) is 2.05. The van der Waals surface area contributed by atoms with Crippen LogP contribution in [0.3, 0.4) is 0 Å². The molecule has 0 spiro atoms. The summed E-state index contributed by atoms with van der Waals surface area (Å²) >= 11 is 0. The lowest BCUT2D eigenvalue weighted by Crippen LogP contribution is -2.27. The molecule has 0 bridgehead atoms. The van der Waals surface area contributed by atoms with Crippen LogP contribution in [-0.4, -0.2) is 38.1 Å². The van der Waals surface area contributed by atoms with Gasteiger partial charge in [0.2, 0.25) is 5.91 Å². The van der Waals surface area contributed by atoms with Crippen molar-refractivity contribution in [2.45, 2.75) is 39.0 Å². The van der Waals surface area contributed by atoms with Crippen molar-refractivity contribution in [3.05, 3.63) is 24.3 Å². The smallest absolute Gasteiger partial charge is 0.238 e. The first-order valence-electron chi connectivity index (χ1n) is 7.79. The lowest BCUT2D eigenvalue weighted by atomic mass is 10.2. The van der Waals surface area contributed by atoms with Crippen LogP contribution in [-0.2, 0) is 4.79 Å². The Balaban J connectivity index is 2.33. The van der Waals surface area contributed by atoms with E-state index in [9.17, 15) is 4.79 Å². The van der Waals surface area contributed by atoms with E-state index < -0.39 is 0 Å². The van der Waals surface area contributed by atoms with Gasteiger partial charge in [-0.25, -0.2) is 0 Å². The summed E-state index contributed by atoms with van der Waals surface area (Å²) < 4.78 is 5.73. The summed E-state index contributed by atoms with van der Waals surface area (Å²) in [5.74, 6) is 0.796. The third-order valence-corrected chi connectivity index (χ3v) is 3.09. The van der Waals surface area contributed by atoms with Crippen LogP contribution in [0.5, 0.6) is 5.75 Å². The average molecular weight is 292 g/mol. The molecule has 0 heterocycles. The van der Waals surface area contributed by atoms with Crippen LogP contribution < -0.4 is 10.1 Å². The molecule has 0 aromatic heterocycles. The average Bonchev–Trinajstić information content (AvgIpc) is 2.42. The molecule has 1 amide bonds. The predicted octanol–water partition coefficient (Wildman–Crippen LogP) is 3.54. The fourth-order valence-corrected chi connectivity index (χ4v) is 2.05. The van der Waals surface area contributed by atoms with Crippen LogP contribution in [0.15, 0.2) is 24.3 Å². The van der Waals surface area contributed by atoms with E-state index in [0.29, 0.717) is 6.54 Å². The van der Waals surface area contributed by atoms with Gasteiger partial charge in [-0.1, -0.05) is 38.7 Å². The van der Waals surface area contributed by atoms with E-state index in [2.05, 4.69) is 12.2 Å². The molecule has 4 nitrogen and oxygen atoms in total. The standard InChI is InChI=1S/C17H28N2O2/c1-4-5-6-7-8-12-21-16-11-9-10-15(13-16)18-17(20)14-19(2)3/h9-11,13H,4-8,12,14H2,1-3H3,(H,18,20). The Morgan fingerprint density at radius 1 is 1.19 bits per heavy atom. The Hall–Kier alpha value is -1.55. The molecule has 0 aliphatic rings. The molecule has 0 unspecified atom stereocenters. The number of nitrogens with one attached hydrogen (secondary N) is 1. The molecule has 1 rings (SSSR count). The van der Waals surface area contributed by atoms with E-state index in [-0.39, 0.29) is 5.91 Å². The molecule has 1 aromatic carbocycles. The fraction of sp³-hybridized carbons (Fsp3) is 0.588. The number of anilines is 1. The number of likely N-dealkylation sites (N-methyl/N-ethyl adjacent to an activating group) is 1. The summed E-state index contributed by atoms with van der Waals surface area (Å²) in [5.41, 5.74) is 0.783. The summed E-state index contributed by atoms with van der Waals surface area (Å²) in [7, 11) is 3.75. The quantitative estimate of drug-likeness (QED) is 0.671. The minimum absolute atomic E-state index is 0.0169. The molecule has 0 atom stereocenters. The van der Waals surface area contributed by atoms with Gasteiger partial charge in [0, 0.05) is 11.8 Å². The molecule has 0 saturated carbocycles. The van der Waals surface area contributed by atoms with Gasteiger partial charge < -0.3 is 15.0 Å². The van der Waals surface area contributed by atoms with Crippen LogP contribution in [0, 0.1) is 0 Å². The third-order valence-electron chi connectivity index (χ3n) is 3.09. The van der Waals surface area contributed by atoms with Crippen LogP contribution in [0.25, 0.3) is 0 Å². The molecule has 1 N–H and O–H groups in total. The largest absolute Gasteiger partial charge is 0.494 e. The van der Waals surface area contributed by atoms with Gasteiger partial charge in [-0.05, 0) is 32.6 Å². The minimum Gasteiger partial charge on any atom is -0.494 e. The van der Waals surface area contributed by atoms with E-state index in [0.717, 1.165) is 24.5 Å². The van der Waals surface area contributed by atoms with Crippen LogP contribution in [0.2, 0.25) is 0 Å². The second-order valence-corrected chi connectivity index (χ2v) is 5.58. The van der Waals surface area contributed by atoms with Crippen molar-refractivity contribution in [1.82, 2.24) is 4.90 Å². The first-order chi connectivity index (χ1) is 10.1. The van der Waals surface area contributed by atoms with Gasteiger partial charge in [-0.15, -0.1) is 0 Å². The number of hydrogen-bond acceptors (Lipinski definition) is 3. The number of hydrogen-bond donors (Lipinski definition) is 1. The molecule has 21 heavy (non-hydrogen) atoms. The Kier molecular flexibility index (Phi) is 8.51. The number of nitrogens with zero attached hydrogens (tertiary/aromatic N) is 1. The predicted molar refractivity (Wildman–Crippen MR) is 87.9 cm³/mol. The van der Waals surface area contributed by atoms with E-state index >= 15 is 0 Å². The zero-order valence-corrected chi connectivity index (χ0v) is 13.5. The van der Waals surface area contributed by atoms with Gasteiger partial charge >= 0.3 is 0 Å². The molecular weight excluding hydrogens is 264 g/mol. The summed E-state index contributed by atoms with van der Waals surface area (Å²) in [6, 6.07) is 7.58. The summed E-state index contributed by atoms with van der Waals surface area (Å²) in [6.07, 6.45) is 6.13. The molecular formula is C17H28N2O2. The number of benzene rings is 1. The Morgan fingerprint density at radius 3 is 2.67 bits per heavy atom. The first-order valence-corrected chi connectivity index (χ1v) is 7.79. The molecule has 0 aliphatic heterocycles. The first kappa shape index (κ1) is 17.5. The zero-order chi connectivity index (χ0) is 15.5. The van der Waals surface area contributed by atoms with Gasteiger partial charge in [0.05, 0.1) is 13.2 Å². The molecule has 0 saturated heterocycles. The molecule has 0 radical (unpaired) electrons. The molecule has 0 aliphatic carbocycles. The Bertz CT molecular complexity index is 419. The van der Waals surface area contributed by atoms with E-state index in [4.69, 9.17) is 4.74 Å². The summed E-state index contributed by atoms with van der Waals surface area (Å²) in [4.78, 5) is 13.5. The van der Waals surface area contributed by atoms with E-state index in [1.54, 1.807) is 0 Å². The van der Waals surface area contributed by atoms with Gasteiger partial charge in [0.25, 0.3) is 0 Å². The number of carbonyl (C=O) groups excluding carboxylic acids is 1. The normalized spacial score (nSPS) is 10.7. The lowest BCUT2D eigenvalue weighted by molar-refractivity contribution is -0.116. The second-order valence-electron chi connectivity index (χ2n) is 5.58. The SMILES string of the molecule is CCCCCCCOc1cccc(NC(=O)CN(C)C)c1. The summed E-state index contributed by atoms with van der Waals surface area (Å²) in [6.45, 7) is 3.33. The number of ether oxygens (including phenoxy) is 1. The lowest BCUT2D eigenvalue weighted by Gasteiger charge is -2.11. The molecule has 118 valence electrons. The number of unbranched alkanes of at least 4 members (excludes halogenated alkanes) is 4. The van der Waals surface area contributed by atoms with Gasteiger partial charge in [0.15, 0.2) is 0 Å². The monoisotopic (exact) mass is 292 g/mol. The minimum atomic E-state index is -0.0169. The van der Waals surface area contributed by atoms with Crippen molar-refractivity contribution in [2.75, 3.05) is 32.6 Å². The second kappa shape index (κ2) is 10.2. The van der Waals surface area contributed by atoms with Crippen molar-refractivity contribution in [3.63, 3.8) is 0 Å². The van der Waals surface area contributed by atoms with Gasteiger partial charge in [-0.3, -0.25) is 4.79 Å². The van der Waals surface area contributed by atoms with Crippen LogP contribution >= 0.6 is 0 Å². The van der Waals surface area contributed by atoms with Crippen molar-refractivity contribution < 1.29 is 9.53 Å². The maximum absolute atomic E-state index is 11.7. The molecule has 0 fully saturated rings. The van der Waals surface area contributed by atoms with Crippen molar-refractivity contribution in [2.24, 2.45) is 0 Å². The number of carbonyl (C=O) groups is 1. The van der Waals surface area contributed by atoms with Crippen molar-refractivity contribution >= 4 is 11.6 Å². The van der Waals surface area contributed by atoms with Crippen LogP contribution in [0.4, 0.5) is 5.69 Å². The highest BCUT2D eigenvalue weighted by molar-refractivity contribution is 5.92. The highest BCUT2D eigenvalue weighted by atomic mass is 16.5. The van der Waals surface area contributed by atoms with Crippen LogP contribution in [0.1, 0.15) is 39.0 Å². The summed E-state index contributed by atoms with van der Waals surface area (Å²) in [5, 5.41) is 2.87. The molecule has 1 aromatic rings. The highest BCUT2D eigenvalue weighted by Crippen LogP contribution is 2.17. The number of amides is 1. The zero-order valence-electron chi connectivity index (χ0n) is 13.5. The highest BCUT2D eigenvalue weighted by Gasteiger charge is 2.04. The van der Waals surface area contributed by atoms with Crippen molar-refractivity contribution in [1.29, 1.82) is 0 Å². The maximum Gasteiger partial charge on any atom is 0.238 e. The topological polar surface area (TPSA) is 41.6 Å². The van der Waals surface area contributed by atoms with E-state index in [1.165, 1.54) is 25.7 Å². The van der Waals surface area contributed by atoms with Crippen molar-refractivity contribution in [3.8, 4) is 5.75 Å². The van der Waals surface area contributed by atoms with Gasteiger partial charge in [0.1, 0.15) is 5.75 Å². The van der Waals surface area contributed by atoms with E-state index in [1.807, 2.05) is 43.3 Å². The number of rotatable bonds is 10. The maximum atomic E-state index is 11.7.